The third kappa shape index (κ3) is 2.55. The second-order valence-corrected chi connectivity index (χ2v) is 4.13. The van der Waals surface area contributed by atoms with Crippen LogP contribution in [0.4, 0.5) is 0 Å². The minimum atomic E-state index is -1.07. The van der Waals surface area contributed by atoms with Gasteiger partial charge in [-0.15, -0.1) is 0 Å². The van der Waals surface area contributed by atoms with E-state index in [0.717, 1.165) is 10.8 Å². The Bertz CT molecular complexity index is 607. The Hall–Kier alpha value is -2.20. The molecule has 0 fully saturated rings. The number of carbonyl (C=O) groups excluding carboxylic acids is 1. The van der Waals surface area contributed by atoms with Gasteiger partial charge in [0.25, 0.3) is 0 Å². The van der Waals surface area contributed by atoms with E-state index in [4.69, 9.17) is 10.8 Å². The highest BCUT2D eigenvalue weighted by Gasteiger charge is 2.18. The lowest BCUT2D eigenvalue weighted by Gasteiger charge is -2.08. The molecule has 4 heteroatoms. The average Bonchev–Trinajstić information content (AvgIpc) is 2.36. The average molecular weight is 243 g/mol. The van der Waals surface area contributed by atoms with E-state index in [9.17, 15) is 9.59 Å². The lowest BCUT2D eigenvalue weighted by Crippen LogP contribution is -2.32. The molecule has 2 rings (SSSR count). The Morgan fingerprint density at radius 2 is 1.78 bits per heavy atom. The summed E-state index contributed by atoms with van der Waals surface area (Å²) in [5, 5.41) is 10.6. The number of carboxylic acid groups (broad SMARTS) is 1. The van der Waals surface area contributed by atoms with Crippen LogP contribution in [0.25, 0.3) is 10.8 Å². The van der Waals surface area contributed by atoms with Crippen molar-refractivity contribution in [1.29, 1.82) is 0 Å². The number of rotatable bonds is 4. The number of Topliss-reactive ketones (excluding diaryl/α,β-unsaturated/α-hetero) is 1. The molecule has 3 N–H and O–H groups in total. The van der Waals surface area contributed by atoms with E-state index in [1.807, 2.05) is 30.3 Å². The van der Waals surface area contributed by atoms with E-state index in [-0.39, 0.29) is 12.2 Å². The van der Waals surface area contributed by atoms with Crippen molar-refractivity contribution >= 4 is 22.5 Å². The largest absolute Gasteiger partial charge is 0.481 e. The SMILES string of the molecule is NC(CC(=O)O)C(=O)c1ccc2ccccc2c1. The van der Waals surface area contributed by atoms with Crippen molar-refractivity contribution in [2.75, 3.05) is 0 Å². The molecule has 2 aromatic carbocycles. The zero-order valence-corrected chi connectivity index (χ0v) is 9.67. The molecule has 0 aromatic heterocycles. The van der Waals surface area contributed by atoms with Crippen LogP contribution in [0, 0.1) is 0 Å². The van der Waals surface area contributed by atoms with E-state index in [2.05, 4.69) is 0 Å². The van der Waals surface area contributed by atoms with Crippen molar-refractivity contribution in [1.82, 2.24) is 0 Å². The molecule has 0 heterocycles. The molecule has 4 nitrogen and oxygen atoms in total. The van der Waals surface area contributed by atoms with Gasteiger partial charge in [-0.3, -0.25) is 9.59 Å². The van der Waals surface area contributed by atoms with E-state index in [0.29, 0.717) is 5.56 Å². The first-order valence-corrected chi connectivity index (χ1v) is 5.58. The number of carboxylic acids is 1. The van der Waals surface area contributed by atoms with Crippen LogP contribution in [0.15, 0.2) is 42.5 Å². The first-order valence-electron chi connectivity index (χ1n) is 5.58. The monoisotopic (exact) mass is 243 g/mol. The minimum absolute atomic E-state index is 0.344. The minimum Gasteiger partial charge on any atom is -0.481 e. The summed E-state index contributed by atoms with van der Waals surface area (Å²) < 4.78 is 0. The van der Waals surface area contributed by atoms with Gasteiger partial charge < -0.3 is 10.8 Å². The normalized spacial score (nSPS) is 12.3. The maximum atomic E-state index is 11.9. The predicted molar refractivity (Wildman–Crippen MR) is 68.5 cm³/mol. The predicted octanol–water partition coefficient (Wildman–Crippen LogP) is 1.82. The third-order valence-corrected chi connectivity index (χ3v) is 2.77. The maximum absolute atomic E-state index is 11.9. The number of aliphatic carboxylic acids is 1. The molecule has 0 aliphatic carbocycles. The molecule has 1 atom stereocenters. The number of carbonyl (C=O) groups is 2. The molecular formula is C14H13NO3. The molecule has 0 aliphatic heterocycles. The van der Waals surface area contributed by atoms with Crippen molar-refractivity contribution in [3.05, 3.63) is 48.0 Å². The fourth-order valence-electron chi connectivity index (χ4n) is 1.84. The molecule has 0 spiro atoms. The third-order valence-electron chi connectivity index (χ3n) is 2.77. The topological polar surface area (TPSA) is 80.4 Å². The van der Waals surface area contributed by atoms with Crippen LogP contribution in [0.3, 0.4) is 0 Å². The molecule has 0 radical (unpaired) electrons. The molecule has 92 valence electrons. The summed E-state index contributed by atoms with van der Waals surface area (Å²) in [6.45, 7) is 0. The molecule has 18 heavy (non-hydrogen) atoms. The van der Waals surface area contributed by atoms with Gasteiger partial charge in [-0.1, -0.05) is 36.4 Å². The summed E-state index contributed by atoms with van der Waals surface area (Å²) in [6, 6.07) is 11.9. The van der Waals surface area contributed by atoms with Crippen LogP contribution in [-0.2, 0) is 4.79 Å². The highest BCUT2D eigenvalue weighted by atomic mass is 16.4. The molecule has 2 aromatic rings. The quantitative estimate of drug-likeness (QED) is 0.803. The standard InChI is InChI=1S/C14H13NO3/c15-12(8-13(16)17)14(18)11-6-5-9-3-1-2-4-10(9)7-11/h1-7,12H,8,15H2,(H,16,17). The zero-order chi connectivity index (χ0) is 13.1. The van der Waals surface area contributed by atoms with E-state index >= 15 is 0 Å². The van der Waals surface area contributed by atoms with Gasteiger partial charge in [-0.2, -0.15) is 0 Å². The number of hydrogen-bond donors (Lipinski definition) is 2. The lowest BCUT2D eigenvalue weighted by molar-refractivity contribution is -0.137. The van der Waals surface area contributed by atoms with Crippen LogP contribution in [-0.4, -0.2) is 22.9 Å². The van der Waals surface area contributed by atoms with Crippen LogP contribution in [0.1, 0.15) is 16.8 Å². The first-order chi connectivity index (χ1) is 8.58. The summed E-state index contributed by atoms with van der Waals surface area (Å²) >= 11 is 0. The maximum Gasteiger partial charge on any atom is 0.305 e. The Kier molecular flexibility index (Phi) is 3.39. The van der Waals surface area contributed by atoms with E-state index in [1.54, 1.807) is 12.1 Å². The van der Waals surface area contributed by atoms with Crippen LogP contribution in [0.2, 0.25) is 0 Å². The summed E-state index contributed by atoms with van der Waals surface area (Å²) in [5.74, 6) is -1.42. The van der Waals surface area contributed by atoms with Crippen molar-refractivity contribution in [3.63, 3.8) is 0 Å². The van der Waals surface area contributed by atoms with Crippen molar-refractivity contribution in [2.45, 2.75) is 12.5 Å². The van der Waals surface area contributed by atoms with Crippen molar-refractivity contribution in [2.24, 2.45) is 5.73 Å². The van der Waals surface area contributed by atoms with Gasteiger partial charge in [0.15, 0.2) is 5.78 Å². The second-order valence-electron chi connectivity index (χ2n) is 4.13. The smallest absolute Gasteiger partial charge is 0.305 e. The summed E-state index contributed by atoms with van der Waals surface area (Å²) in [5.41, 5.74) is 6.01. The number of ketones is 1. The summed E-state index contributed by atoms with van der Waals surface area (Å²) in [7, 11) is 0. The van der Waals surface area contributed by atoms with Gasteiger partial charge in [0, 0.05) is 5.56 Å². The van der Waals surface area contributed by atoms with Crippen LogP contribution < -0.4 is 5.73 Å². The number of benzene rings is 2. The van der Waals surface area contributed by atoms with E-state index in [1.165, 1.54) is 0 Å². The molecular weight excluding hydrogens is 230 g/mol. The fourth-order valence-corrected chi connectivity index (χ4v) is 1.84. The van der Waals surface area contributed by atoms with Crippen molar-refractivity contribution in [3.8, 4) is 0 Å². The van der Waals surface area contributed by atoms with Gasteiger partial charge in [-0.25, -0.2) is 0 Å². The molecule has 0 amide bonds. The van der Waals surface area contributed by atoms with Gasteiger partial charge in [0.2, 0.25) is 0 Å². The molecule has 0 aliphatic rings. The van der Waals surface area contributed by atoms with Gasteiger partial charge in [-0.05, 0) is 16.8 Å². The zero-order valence-electron chi connectivity index (χ0n) is 9.67. The first kappa shape index (κ1) is 12.3. The van der Waals surface area contributed by atoms with Gasteiger partial charge in [0.05, 0.1) is 12.5 Å². The molecule has 0 saturated heterocycles. The van der Waals surface area contributed by atoms with E-state index < -0.39 is 12.0 Å². The summed E-state index contributed by atoms with van der Waals surface area (Å²) in [4.78, 5) is 22.5. The molecule has 1 unspecified atom stereocenters. The highest BCUT2D eigenvalue weighted by Crippen LogP contribution is 2.16. The van der Waals surface area contributed by atoms with Crippen LogP contribution in [0.5, 0.6) is 0 Å². The highest BCUT2D eigenvalue weighted by molar-refractivity contribution is 6.04. The Labute approximate surface area is 104 Å². The molecule has 0 saturated carbocycles. The lowest BCUT2D eigenvalue weighted by atomic mass is 9.99. The Morgan fingerprint density at radius 3 is 2.44 bits per heavy atom. The number of hydrogen-bond acceptors (Lipinski definition) is 3. The van der Waals surface area contributed by atoms with Crippen LogP contribution >= 0.6 is 0 Å². The fraction of sp³-hybridized carbons (Fsp3) is 0.143. The second kappa shape index (κ2) is 4.98. The number of nitrogens with two attached hydrogens (primary N) is 1. The van der Waals surface area contributed by atoms with Gasteiger partial charge in [0.1, 0.15) is 0 Å². The Morgan fingerprint density at radius 1 is 1.11 bits per heavy atom. The van der Waals surface area contributed by atoms with Gasteiger partial charge >= 0.3 is 5.97 Å². The van der Waals surface area contributed by atoms with Crippen molar-refractivity contribution < 1.29 is 14.7 Å². The Balaban J connectivity index is 2.30. The summed E-state index contributed by atoms with van der Waals surface area (Å²) in [6.07, 6.45) is -0.355. The molecule has 0 bridgehead atoms. The number of fused-ring (bicyclic) bond motifs is 1.